The third kappa shape index (κ3) is 3.05. The molecule has 0 radical (unpaired) electrons. The normalized spacial score (nSPS) is 23.9. The van der Waals surface area contributed by atoms with E-state index < -0.39 is 0 Å². The molecule has 1 aliphatic carbocycles. The summed E-state index contributed by atoms with van der Waals surface area (Å²) < 4.78 is 5.32. The fourth-order valence-electron chi connectivity index (χ4n) is 3.20. The number of aryl methyl sites for hydroxylation is 1. The zero-order valence-corrected chi connectivity index (χ0v) is 11.8. The predicted octanol–water partition coefficient (Wildman–Crippen LogP) is 3.32. The van der Waals surface area contributed by atoms with Gasteiger partial charge in [-0.25, -0.2) is 0 Å². The fraction of sp³-hybridized carbons (Fsp3) is 0.625. The van der Waals surface area contributed by atoms with Gasteiger partial charge in [0.25, 0.3) is 0 Å². The van der Waals surface area contributed by atoms with E-state index in [1.807, 2.05) is 0 Å². The minimum Gasteiger partial charge on any atom is -0.496 e. The maximum Gasteiger partial charge on any atom is 0.121 e. The van der Waals surface area contributed by atoms with Gasteiger partial charge in [0.15, 0.2) is 0 Å². The topological polar surface area (TPSA) is 21.3 Å². The Morgan fingerprint density at radius 2 is 2.06 bits per heavy atom. The van der Waals surface area contributed by atoms with Crippen molar-refractivity contribution in [2.75, 3.05) is 14.2 Å². The van der Waals surface area contributed by atoms with Gasteiger partial charge in [-0.2, -0.15) is 0 Å². The van der Waals surface area contributed by atoms with Crippen LogP contribution in [-0.2, 0) is 6.42 Å². The van der Waals surface area contributed by atoms with Crippen molar-refractivity contribution in [1.82, 2.24) is 5.32 Å². The molecule has 0 aliphatic heterocycles. The summed E-state index contributed by atoms with van der Waals surface area (Å²) in [6, 6.07) is 7.29. The number of methoxy groups -OCH3 is 1. The van der Waals surface area contributed by atoms with Gasteiger partial charge in [-0.1, -0.05) is 25.0 Å². The first-order valence-corrected chi connectivity index (χ1v) is 7.05. The van der Waals surface area contributed by atoms with Crippen molar-refractivity contribution in [3.8, 4) is 5.75 Å². The highest BCUT2D eigenvalue weighted by atomic mass is 16.5. The van der Waals surface area contributed by atoms with Crippen molar-refractivity contribution in [3.63, 3.8) is 0 Å². The van der Waals surface area contributed by atoms with E-state index in [1.165, 1.54) is 43.2 Å². The minimum absolute atomic E-state index is 0.696. The van der Waals surface area contributed by atoms with Crippen LogP contribution in [0.2, 0.25) is 0 Å². The first-order chi connectivity index (χ1) is 8.74. The summed E-state index contributed by atoms with van der Waals surface area (Å²) in [6.07, 6.45) is 6.64. The summed E-state index contributed by atoms with van der Waals surface area (Å²) in [5, 5.41) is 3.49. The van der Waals surface area contributed by atoms with Crippen molar-refractivity contribution in [1.29, 1.82) is 0 Å². The molecule has 1 aliphatic rings. The lowest BCUT2D eigenvalue weighted by atomic mass is 9.80. The zero-order chi connectivity index (χ0) is 13.0. The second-order valence-corrected chi connectivity index (χ2v) is 5.45. The first kappa shape index (κ1) is 13.4. The van der Waals surface area contributed by atoms with Gasteiger partial charge in [0.2, 0.25) is 0 Å². The lowest BCUT2D eigenvalue weighted by molar-refractivity contribution is 0.272. The first-order valence-electron chi connectivity index (χ1n) is 7.05. The number of ether oxygens (including phenoxy) is 1. The lowest BCUT2D eigenvalue weighted by Gasteiger charge is -2.31. The van der Waals surface area contributed by atoms with Gasteiger partial charge >= 0.3 is 0 Å². The van der Waals surface area contributed by atoms with Crippen molar-refractivity contribution < 1.29 is 4.74 Å². The van der Waals surface area contributed by atoms with Gasteiger partial charge in [-0.05, 0) is 56.3 Å². The number of hydrogen-bond donors (Lipinski definition) is 1. The zero-order valence-electron chi connectivity index (χ0n) is 11.8. The third-order valence-corrected chi connectivity index (χ3v) is 4.24. The molecule has 2 unspecified atom stereocenters. The van der Waals surface area contributed by atoms with Gasteiger partial charge in [0.05, 0.1) is 7.11 Å². The van der Waals surface area contributed by atoms with E-state index in [9.17, 15) is 0 Å². The van der Waals surface area contributed by atoms with Gasteiger partial charge in [-0.3, -0.25) is 0 Å². The highest BCUT2D eigenvalue weighted by molar-refractivity contribution is 5.36. The average Bonchev–Trinajstić information content (AvgIpc) is 2.39. The van der Waals surface area contributed by atoms with Gasteiger partial charge < -0.3 is 10.1 Å². The highest BCUT2D eigenvalue weighted by Crippen LogP contribution is 2.28. The number of nitrogens with one attached hydrogen (secondary N) is 1. The molecule has 1 fully saturated rings. The van der Waals surface area contributed by atoms with E-state index in [0.29, 0.717) is 6.04 Å². The van der Waals surface area contributed by atoms with Crippen LogP contribution in [0.5, 0.6) is 5.75 Å². The Balaban J connectivity index is 2.05. The van der Waals surface area contributed by atoms with Gasteiger partial charge in [-0.15, -0.1) is 0 Å². The molecular formula is C16H25NO. The van der Waals surface area contributed by atoms with E-state index >= 15 is 0 Å². The Morgan fingerprint density at radius 3 is 2.72 bits per heavy atom. The molecule has 0 saturated heterocycles. The van der Waals surface area contributed by atoms with Crippen LogP contribution in [0.3, 0.4) is 0 Å². The molecule has 0 amide bonds. The Hall–Kier alpha value is -1.02. The molecule has 100 valence electrons. The Morgan fingerprint density at radius 1 is 1.28 bits per heavy atom. The molecule has 1 saturated carbocycles. The van der Waals surface area contributed by atoms with Crippen LogP contribution in [-0.4, -0.2) is 20.2 Å². The van der Waals surface area contributed by atoms with Crippen LogP contribution in [0.25, 0.3) is 0 Å². The Labute approximate surface area is 111 Å². The van der Waals surface area contributed by atoms with Gasteiger partial charge in [0.1, 0.15) is 5.75 Å². The summed E-state index contributed by atoms with van der Waals surface area (Å²) in [5.41, 5.74) is 2.69. The standard InChI is InChI=1S/C16H25NO/c1-12-10-13(8-9-16(12)18-3)11-14-6-4-5-7-15(14)17-2/h8-10,14-15,17H,4-7,11H2,1-3H3. The van der Waals surface area contributed by atoms with Crippen molar-refractivity contribution in [3.05, 3.63) is 29.3 Å². The molecule has 2 atom stereocenters. The maximum absolute atomic E-state index is 5.32. The van der Waals surface area contributed by atoms with Crippen LogP contribution in [0.15, 0.2) is 18.2 Å². The predicted molar refractivity (Wildman–Crippen MR) is 76.2 cm³/mol. The smallest absolute Gasteiger partial charge is 0.121 e. The largest absolute Gasteiger partial charge is 0.496 e. The molecule has 0 spiro atoms. The quantitative estimate of drug-likeness (QED) is 0.881. The van der Waals surface area contributed by atoms with Crippen LogP contribution >= 0.6 is 0 Å². The molecule has 2 nitrogen and oxygen atoms in total. The molecule has 0 aromatic heterocycles. The maximum atomic E-state index is 5.32. The van der Waals surface area contributed by atoms with Gasteiger partial charge in [0, 0.05) is 6.04 Å². The van der Waals surface area contributed by atoms with Crippen molar-refractivity contribution in [2.45, 2.75) is 45.1 Å². The summed E-state index contributed by atoms with van der Waals surface area (Å²) in [4.78, 5) is 0. The molecule has 18 heavy (non-hydrogen) atoms. The molecule has 2 heteroatoms. The molecule has 1 aromatic rings. The number of benzene rings is 1. The summed E-state index contributed by atoms with van der Waals surface area (Å²) >= 11 is 0. The molecule has 1 N–H and O–H groups in total. The van der Waals surface area contributed by atoms with E-state index in [-0.39, 0.29) is 0 Å². The summed E-state index contributed by atoms with van der Waals surface area (Å²) in [6.45, 7) is 2.12. The monoisotopic (exact) mass is 247 g/mol. The second kappa shape index (κ2) is 6.24. The van der Waals surface area contributed by atoms with E-state index in [1.54, 1.807) is 7.11 Å². The number of hydrogen-bond acceptors (Lipinski definition) is 2. The average molecular weight is 247 g/mol. The minimum atomic E-state index is 0.696. The summed E-state index contributed by atoms with van der Waals surface area (Å²) in [7, 11) is 3.84. The third-order valence-electron chi connectivity index (χ3n) is 4.24. The van der Waals surface area contributed by atoms with Crippen molar-refractivity contribution in [2.24, 2.45) is 5.92 Å². The molecule has 2 rings (SSSR count). The lowest BCUT2D eigenvalue weighted by Crippen LogP contribution is -2.37. The second-order valence-electron chi connectivity index (χ2n) is 5.45. The number of rotatable bonds is 4. The molecule has 0 heterocycles. The van der Waals surface area contributed by atoms with E-state index in [0.717, 1.165) is 11.7 Å². The fourth-order valence-corrected chi connectivity index (χ4v) is 3.20. The molecular weight excluding hydrogens is 222 g/mol. The highest BCUT2D eigenvalue weighted by Gasteiger charge is 2.23. The van der Waals surface area contributed by atoms with Crippen LogP contribution in [0.4, 0.5) is 0 Å². The van der Waals surface area contributed by atoms with E-state index in [4.69, 9.17) is 4.74 Å². The Bertz CT molecular complexity index is 389. The Kier molecular flexibility index (Phi) is 4.65. The molecule has 1 aromatic carbocycles. The van der Waals surface area contributed by atoms with E-state index in [2.05, 4.69) is 37.5 Å². The molecule has 0 bridgehead atoms. The van der Waals surface area contributed by atoms with Crippen molar-refractivity contribution >= 4 is 0 Å². The van der Waals surface area contributed by atoms with Crippen LogP contribution in [0, 0.1) is 12.8 Å². The van der Waals surface area contributed by atoms with Crippen LogP contribution < -0.4 is 10.1 Å². The van der Waals surface area contributed by atoms with Crippen LogP contribution in [0.1, 0.15) is 36.8 Å². The summed E-state index contributed by atoms with van der Waals surface area (Å²) in [5.74, 6) is 1.78. The SMILES string of the molecule is CNC1CCCCC1Cc1ccc(OC)c(C)c1.